The highest BCUT2D eigenvalue weighted by Crippen LogP contribution is 2.21. The van der Waals surface area contributed by atoms with Crippen LogP contribution in [0, 0.1) is 17.5 Å². The van der Waals surface area contributed by atoms with Gasteiger partial charge in [-0.05, 0) is 43.6 Å². The van der Waals surface area contributed by atoms with Crippen molar-refractivity contribution in [3.05, 3.63) is 70.5 Å². The molecule has 2 aromatic rings. The Labute approximate surface area is 138 Å². The third kappa shape index (κ3) is 3.51. The second-order valence-corrected chi connectivity index (χ2v) is 6.08. The van der Waals surface area contributed by atoms with E-state index in [-0.39, 0.29) is 5.56 Å². The summed E-state index contributed by atoms with van der Waals surface area (Å²) in [6.45, 7) is 2.57. The van der Waals surface area contributed by atoms with E-state index in [0.29, 0.717) is 12.1 Å². The van der Waals surface area contributed by atoms with E-state index in [1.165, 1.54) is 6.42 Å². The summed E-state index contributed by atoms with van der Waals surface area (Å²) < 4.78 is 39.9. The second-order valence-electron chi connectivity index (χ2n) is 6.08. The topological polar surface area (TPSA) is 20.3 Å². The Morgan fingerprint density at radius 3 is 2.25 bits per heavy atom. The molecule has 0 amide bonds. The zero-order valence-electron chi connectivity index (χ0n) is 13.2. The Kier molecular flexibility index (Phi) is 5.00. The SMILES string of the molecule is O=C(c1cc(F)c(F)c(F)c1)c1ccccc1CN1CCCCC1. The third-order valence-corrected chi connectivity index (χ3v) is 4.35. The third-order valence-electron chi connectivity index (χ3n) is 4.35. The summed E-state index contributed by atoms with van der Waals surface area (Å²) in [5.41, 5.74) is 1.03. The van der Waals surface area contributed by atoms with Crippen LogP contribution in [-0.4, -0.2) is 23.8 Å². The average Bonchev–Trinajstić information content (AvgIpc) is 2.60. The fraction of sp³-hybridized carbons (Fsp3) is 0.316. The van der Waals surface area contributed by atoms with Crippen LogP contribution in [0.4, 0.5) is 13.2 Å². The van der Waals surface area contributed by atoms with E-state index >= 15 is 0 Å². The van der Waals surface area contributed by atoms with Gasteiger partial charge in [0.15, 0.2) is 23.2 Å². The number of nitrogens with zero attached hydrogens (tertiary/aromatic N) is 1. The van der Waals surface area contributed by atoms with E-state index in [0.717, 1.165) is 43.6 Å². The lowest BCUT2D eigenvalue weighted by molar-refractivity contribution is 0.103. The van der Waals surface area contributed by atoms with E-state index in [4.69, 9.17) is 0 Å². The van der Waals surface area contributed by atoms with E-state index in [1.807, 2.05) is 12.1 Å². The molecule has 1 fully saturated rings. The molecule has 0 aromatic heterocycles. The van der Waals surface area contributed by atoms with Crippen molar-refractivity contribution >= 4 is 5.78 Å². The van der Waals surface area contributed by atoms with Gasteiger partial charge in [0.25, 0.3) is 0 Å². The molecular weight excluding hydrogens is 315 g/mol. The van der Waals surface area contributed by atoms with E-state index in [9.17, 15) is 18.0 Å². The van der Waals surface area contributed by atoms with Crippen LogP contribution in [0.3, 0.4) is 0 Å². The van der Waals surface area contributed by atoms with Gasteiger partial charge in [0.2, 0.25) is 0 Å². The number of carbonyl (C=O) groups excluding carboxylic acids is 1. The van der Waals surface area contributed by atoms with Crippen molar-refractivity contribution < 1.29 is 18.0 Å². The molecule has 0 saturated carbocycles. The number of carbonyl (C=O) groups is 1. The normalized spacial score (nSPS) is 15.5. The molecule has 3 rings (SSSR count). The first-order valence-electron chi connectivity index (χ1n) is 8.06. The molecule has 0 atom stereocenters. The summed E-state index contributed by atoms with van der Waals surface area (Å²) in [5, 5.41) is 0. The summed E-state index contributed by atoms with van der Waals surface area (Å²) in [4.78, 5) is 14.9. The molecule has 1 aliphatic rings. The van der Waals surface area contributed by atoms with Gasteiger partial charge in [-0.3, -0.25) is 9.69 Å². The highest BCUT2D eigenvalue weighted by molar-refractivity contribution is 6.09. The molecule has 1 aliphatic heterocycles. The Morgan fingerprint density at radius 2 is 1.58 bits per heavy atom. The number of piperidine rings is 1. The zero-order valence-corrected chi connectivity index (χ0v) is 13.2. The lowest BCUT2D eigenvalue weighted by Crippen LogP contribution is -2.29. The van der Waals surface area contributed by atoms with Crippen molar-refractivity contribution in [3.8, 4) is 0 Å². The monoisotopic (exact) mass is 333 g/mol. The molecule has 0 bridgehead atoms. The first kappa shape index (κ1) is 16.7. The fourth-order valence-corrected chi connectivity index (χ4v) is 3.08. The molecule has 24 heavy (non-hydrogen) atoms. The summed E-state index contributed by atoms with van der Waals surface area (Å²) in [5.74, 6) is -4.77. The first-order chi connectivity index (χ1) is 11.6. The van der Waals surface area contributed by atoms with E-state index in [1.54, 1.807) is 12.1 Å². The summed E-state index contributed by atoms with van der Waals surface area (Å²) in [6.07, 6.45) is 3.47. The van der Waals surface area contributed by atoms with Gasteiger partial charge in [-0.25, -0.2) is 13.2 Å². The molecule has 2 aromatic carbocycles. The van der Waals surface area contributed by atoms with Gasteiger partial charge in [-0.15, -0.1) is 0 Å². The van der Waals surface area contributed by atoms with Crippen LogP contribution in [0.1, 0.15) is 40.7 Å². The van der Waals surface area contributed by atoms with Gasteiger partial charge < -0.3 is 0 Å². The summed E-state index contributed by atoms with van der Waals surface area (Å²) in [6, 6.07) is 8.53. The van der Waals surface area contributed by atoms with Crippen molar-refractivity contribution in [1.29, 1.82) is 0 Å². The van der Waals surface area contributed by atoms with Gasteiger partial charge in [0, 0.05) is 17.7 Å². The average molecular weight is 333 g/mol. The van der Waals surface area contributed by atoms with Gasteiger partial charge in [-0.2, -0.15) is 0 Å². The molecule has 0 N–H and O–H groups in total. The number of benzene rings is 2. The van der Waals surface area contributed by atoms with Crippen molar-refractivity contribution in [3.63, 3.8) is 0 Å². The minimum absolute atomic E-state index is 0.183. The highest BCUT2D eigenvalue weighted by atomic mass is 19.2. The van der Waals surface area contributed by atoms with Crippen LogP contribution >= 0.6 is 0 Å². The number of rotatable bonds is 4. The summed E-state index contributed by atoms with van der Waals surface area (Å²) >= 11 is 0. The van der Waals surface area contributed by atoms with Crippen LogP contribution in [0.2, 0.25) is 0 Å². The maximum Gasteiger partial charge on any atom is 0.194 e. The van der Waals surface area contributed by atoms with Crippen LogP contribution < -0.4 is 0 Å². The lowest BCUT2D eigenvalue weighted by atomic mass is 9.97. The number of ketones is 1. The predicted octanol–water partition coefficient (Wildman–Crippen LogP) is 4.32. The lowest BCUT2D eigenvalue weighted by Gasteiger charge is -2.27. The van der Waals surface area contributed by atoms with Crippen LogP contribution in [0.15, 0.2) is 36.4 Å². The largest absolute Gasteiger partial charge is 0.299 e. The Bertz CT molecular complexity index is 731. The zero-order chi connectivity index (χ0) is 17.1. The van der Waals surface area contributed by atoms with Crippen molar-refractivity contribution in [2.24, 2.45) is 0 Å². The molecule has 0 aliphatic carbocycles. The molecule has 1 heterocycles. The van der Waals surface area contributed by atoms with Gasteiger partial charge in [0.1, 0.15) is 0 Å². The minimum Gasteiger partial charge on any atom is -0.299 e. The molecule has 1 saturated heterocycles. The molecule has 0 unspecified atom stereocenters. The molecular formula is C19H18F3NO. The maximum absolute atomic E-state index is 13.4. The molecule has 5 heteroatoms. The minimum atomic E-state index is -1.56. The number of likely N-dealkylation sites (tertiary alicyclic amines) is 1. The number of hydrogen-bond donors (Lipinski definition) is 0. The van der Waals surface area contributed by atoms with Crippen molar-refractivity contribution in [1.82, 2.24) is 4.90 Å². The van der Waals surface area contributed by atoms with Crippen molar-refractivity contribution in [2.75, 3.05) is 13.1 Å². The molecule has 126 valence electrons. The maximum atomic E-state index is 13.4. The first-order valence-corrected chi connectivity index (χ1v) is 8.06. The Hall–Kier alpha value is -2.14. The number of halogens is 3. The van der Waals surface area contributed by atoms with Crippen molar-refractivity contribution in [2.45, 2.75) is 25.8 Å². The van der Waals surface area contributed by atoms with Crippen LogP contribution in [0.25, 0.3) is 0 Å². The van der Waals surface area contributed by atoms with Crippen LogP contribution in [0.5, 0.6) is 0 Å². The smallest absolute Gasteiger partial charge is 0.194 e. The van der Waals surface area contributed by atoms with E-state index in [2.05, 4.69) is 4.90 Å². The Balaban J connectivity index is 1.90. The second kappa shape index (κ2) is 7.18. The Morgan fingerprint density at radius 1 is 0.958 bits per heavy atom. The molecule has 2 nitrogen and oxygen atoms in total. The van der Waals surface area contributed by atoms with Gasteiger partial charge in [-0.1, -0.05) is 30.7 Å². The van der Waals surface area contributed by atoms with Crippen LogP contribution in [-0.2, 0) is 6.54 Å². The predicted molar refractivity (Wildman–Crippen MR) is 85.3 cm³/mol. The standard InChI is InChI=1S/C19H18F3NO/c20-16-10-14(11-17(21)18(16)22)19(24)15-7-3-2-6-13(15)12-23-8-4-1-5-9-23/h2-3,6-7,10-11H,1,4-5,8-9,12H2. The highest BCUT2D eigenvalue weighted by Gasteiger charge is 2.20. The van der Waals surface area contributed by atoms with Gasteiger partial charge >= 0.3 is 0 Å². The molecule has 0 spiro atoms. The fourth-order valence-electron chi connectivity index (χ4n) is 3.08. The van der Waals surface area contributed by atoms with Gasteiger partial charge in [0.05, 0.1) is 0 Å². The molecule has 0 radical (unpaired) electrons. The van der Waals surface area contributed by atoms with E-state index < -0.39 is 23.2 Å². The summed E-state index contributed by atoms with van der Waals surface area (Å²) in [7, 11) is 0. The quantitative estimate of drug-likeness (QED) is 0.613. The number of hydrogen-bond acceptors (Lipinski definition) is 2.